The number of hydrogen-bond donors (Lipinski definition) is 1. The van der Waals surface area contributed by atoms with E-state index in [4.69, 9.17) is 5.11 Å². The Balaban J connectivity index is 3.76. The van der Waals surface area contributed by atoms with Crippen LogP contribution in [-0.2, 0) is 4.79 Å². The quantitative estimate of drug-likeness (QED) is 0.629. The summed E-state index contributed by atoms with van der Waals surface area (Å²) < 4.78 is 0. The summed E-state index contributed by atoms with van der Waals surface area (Å²) in [5, 5.41) is 8.59. The van der Waals surface area contributed by atoms with Gasteiger partial charge in [-0.25, -0.2) is 0 Å². The summed E-state index contributed by atoms with van der Waals surface area (Å²) in [6.07, 6.45) is 1.73. The highest BCUT2D eigenvalue weighted by molar-refractivity contribution is 5.69. The number of nitrogens with zero attached hydrogens (tertiary/aromatic N) is 1. The molecule has 0 rings (SSSR count). The number of carboxylic acids is 1. The number of rotatable bonds is 6. The SMILES string of the molecule is CC#CCCN(CCC)CC(=O)O. The van der Waals surface area contributed by atoms with Crippen LogP contribution < -0.4 is 0 Å². The lowest BCUT2D eigenvalue weighted by molar-refractivity contribution is -0.138. The van der Waals surface area contributed by atoms with Gasteiger partial charge in [-0.15, -0.1) is 11.8 Å². The van der Waals surface area contributed by atoms with Gasteiger partial charge >= 0.3 is 5.97 Å². The minimum atomic E-state index is -0.766. The highest BCUT2D eigenvalue weighted by Gasteiger charge is 2.06. The third-order valence-electron chi connectivity index (χ3n) is 1.63. The minimum Gasteiger partial charge on any atom is -0.480 e. The molecule has 0 aliphatic carbocycles. The molecule has 0 saturated carbocycles. The van der Waals surface area contributed by atoms with E-state index in [1.54, 1.807) is 6.92 Å². The number of aliphatic carboxylic acids is 1. The number of carbonyl (C=O) groups is 1. The highest BCUT2D eigenvalue weighted by Crippen LogP contribution is 1.93. The van der Waals surface area contributed by atoms with Crippen molar-refractivity contribution in [2.75, 3.05) is 19.6 Å². The molecule has 0 atom stereocenters. The topological polar surface area (TPSA) is 40.5 Å². The first-order chi connectivity index (χ1) is 6.20. The molecule has 0 aliphatic rings. The van der Waals surface area contributed by atoms with Gasteiger partial charge in [0.25, 0.3) is 0 Å². The maximum Gasteiger partial charge on any atom is 0.317 e. The predicted octanol–water partition coefficient (Wildman–Crippen LogP) is 1.20. The maximum absolute atomic E-state index is 10.4. The second-order valence-corrected chi connectivity index (χ2v) is 2.85. The molecule has 0 unspecified atom stereocenters. The van der Waals surface area contributed by atoms with Crippen molar-refractivity contribution in [2.24, 2.45) is 0 Å². The summed E-state index contributed by atoms with van der Waals surface area (Å²) in [5.41, 5.74) is 0. The Bertz CT molecular complexity index is 203. The van der Waals surface area contributed by atoms with Gasteiger partial charge < -0.3 is 5.11 Å². The van der Waals surface area contributed by atoms with E-state index in [1.807, 2.05) is 11.8 Å². The molecular weight excluding hydrogens is 166 g/mol. The van der Waals surface area contributed by atoms with Gasteiger partial charge in [-0.1, -0.05) is 6.92 Å². The van der Waals surface area contributed by atoms with Gasteiger partial charge in [-0.2, -0.15) is 0 Å². The second-order valence-electron chi connectivity index (χ2n) is 2.85. The van der Waals surface area contributed by atoms with Crippen LogP contribution in [0.4, 0.5) is 0 Å². The van der Waals surface area contributed by atoms with Gasteiger partial charge in [0.15, 0.2) is 0 Å². The molecule has 0 bridgehead atoms. The van der Waals surface area contributed by atoms with Gasteiger partial charge in [-0.05, 0) is 19.9 Å². The first-order valence-electron chi connectivity index (χ1n) is 4.54. The van der Waals surface area contributed by atoms with Crippen LogP contribution in [0, 0.1) is 11.8 Å². The monoisotopic (exact) mass is 183 g/mol. The second kappa shape index (κ2) is 7.63. The van der Waals surface area contributed by atoms with Gasteiger partial charge in [0.1, 0.15) is 0 Å². The molecule has 0 aromatic rings. The standard InChI is InChI=1S/C10H17NO2/c1-3-5-6-8-11(7-4-2)9-10(12)13/h4,6-9H2,1-2H3,(H,12,13). The fourth-order valence-electron chi connectivity index (χ4n) is 1.12. The molecule has 0 aliphatic heterocycles. The lowest BCUT2D eigenvalue weighted by Gasteiger charge is -2.17. The van der Waals surface area contributed by atoms with E-state index in [-0.39, 0.29) is 6.54 Å². The fourth-order valence-corrected chi connectivity index (χ4v) is 1.12. The van der Waals surface area contributed by atoms with E-state index in [0.29, 0.717) is 0 Å². The van der Waals surface area contributed by atoms with Crippen LogP contribution >= 0.6 is 0 Å². The molecule has 13 heavy (non-hydrogen) atoms. The van der Waals surface area contributed by atoms with Crippen molar-refractivity contribution >= 4 is 5.97 Å². The molecular formula is C10H17NO2. The third kappa shape index (κ3) is 7.35. The third-order valence-corrected chi connectivity index (χ3v) is 1.63. The summed E-state index contributed by atoms with van der Waals surface area (Å²) in [6, 6.07) is 0. The van der Waals surface area contributed by atoms with Gasteiger partial charge in [0.05, 0.1) is 6.54 Å². The van der Waals surface area contributed by atoms with Crippen LogP contribution in [-0.4, -0.2) is 35.6 Å². The minimum absolute atomic E-state index is 0.124. The zero-order valence-electron chi connectivity index (χ0n) is 8.34. The zero-order valence-corrected chi connectivity index (χ0v) is 8.34. The van der Waals surface area contributed by atoms with Crippen LogP contribution in [0.2, 0.25) is 0 Å². The molecule has 0 aromatic carbocycles. The molecule has 74 valence electrons. The van der Waals surface area contributed by atoms with Crippen molar-refractivity contribution in [3.8, 4) is 11.8 Å². The molecule has 1 N–H and O–H groups in total. The molecule has 0 amide bonds. The summed E-state index contributed by atoms with van der Waals surface area (Å²) in [4.78, 5) is 12.3. The first kappa shape index (κ1) is 12.0. The van der Waals surface area contributed by atoms with Gasteiger partial charge in [0.2, 0.25) is 0 Å². The fraction of sp³-hybridized carbons (Fsp3) is 0.700. The van der Waals surface area contributed by atoms with Gasteiger partial charge in [0, 0.05) is 13.0 Å². The van der Waals surface area contributed by atoms with Crippen molar-refractivity contribution in [3.05, 3.63) is 0 Å². The van der Waals surface area contributed by atoms with E-state index in [9.17, 15) is 4.79 Å². The number of hydrogen-bond acceptors (Lipinski definition) is 2. The predicted molar refractivity (Wildman–Crippen MR) is 52.4 cm³/mol. The Labute approximate surface area is 79.7 Å². The summed E-state index contributed by atoms with van der Waals surface area (Å²) in [7, 11) is 0. The van der Waals surface area contributed by atoms with Crippen molar-refractivity contribution in [1.82, 2.24) is 4.90 Å². The Morgan fingerprint density at radius 3 is 2.62 bits per heavy atom. The average molecular weight is 183 g/mol. The summed E-state index contributed by atoms with van der Waals surface area (Å²) >= 11 is 0. The van der Waals surface area contributed by atoms with E-state index >= 15 is 0 Å². The van der Waals surface area contributed by atoms with Crippen LogP contribution in [0.25, 0.3) is 0 Å². The van der Waals surface area contributed by atoms with E-state index in [2.05, 4.69) is 11.8 Å². The first-order valence-corrected chi connectivity index (χ1v) is 4.54. The highest BCUT2D eigenvalue weighted by atomic mass is 16.4. The van der Waals surface area contributed by atoms with Crippen molar-refractivity contribution in [1.29, 1.82) is 0 Å². The van der Waals surface area contributed by atoms with Crippen LogP contribution in [0.15, 0.2) is 0 Å². The number of carboxylic acid groups (broad SMARTS) is 1. The molecule has 3 heteroatoms. The molecule has 3 nitrogen and oxygen atoms in total. The van der Waals surface area contributed by atoms with E-state index in [0.717, 1.165) is 25.9 Å². The van der Waals surface area contributed by atoms with E-state index < -0.39 is 5.97 Å². The normalized spacial score (nSPS) is 9.46. The average Bonchev–Trinajstić information content (AvgIpc) is 2.04. The lowest BCUT2D eigenvalue weighted by atomic mass is 10.3. The molecule has 0 aromatic heterocycles. The Hall–Kier alpha value is -1.01. The molecule has 0 heterocycles. The van der Waals surface area contributed by atoms with Crippen molar-refractivity contribution in [3.63, 3.8) is 0 Å². The molecule has 0 fully saturated rings. The van der Waals surface area contributed by atoms with E-state index in [1.165, 1.54) is 0 Å². The Morgan fingerprint density at radius 2 is 2.15 bits per heavy atom. The lowest BCUT2D eigenvalue weighted by Crippen LogP contribution is -2.31. The zero-order chi connectivity index (χ0) is 10.1. The van der Waals surface area contributed by atoms with Crippen LogP contribution in [0.3, 0.4) is 0 Å². The molecule has 0 saturated heterocycles. The van der Waals surface area contributed by atoms with Crippen molar-refractivity contribution < 1.29 is 9.90 Å². The summed E-state index contributed by atoms with van der Waals surface area (Å²) in [5.74, 6) is 4.95. The van der Waals surface area contributed by atoms with Crippen LogP contribution in [0.1, 0.15) is 26.7 Å². The van der Waals surface area contributed by atoms with Gasteiger partial charge in [-0.3, -0.25) is 9.69 Å². The maximum atomic E-state index is 10.4. The Morgan fingerprint density at radius 1 is 1.46 bits per heavy atom. The molecule has 0 radical (unpaired) electrons. The van der Waals surface area contributed by atoms with Crippen LogP contribution in [0.5, 0.6) is 0 Å². The Kier molecular flexibility index (Phi) is 7.04. The largest absolute Gasteiger partial charge is 0.480 e. The van der Waals surface area contributed by atoms with Crippen molar-refractivity contribution in [2.45, 2.75) is 26.7 Å². The molecule has 0 spiro atoms. The summed E-state index contributed by atoms with van der Waals surface area (Å²) in [6.45, 7) is 5.54. The smallest absolute Gasteiger partial charge is 0.317 e.